The van der Waals surface area contributed by atoms with Crippen LogP contribution in [0.25, 0.3) is 0 Å². The topological polar surface area (TPSA) is 74.2 Å². The summed E-state index contributed by atoms with van der Waals surface area (Å²) in [7, 11) is 0. The van der Waals surface area contributed by atoms with Crippen LogP contribution in [0.5, 0.6) is 0 Å². The third-order valence-electron chi connectivity index (χ3n) is 2.79. The van der Waals surface area contributed by atoms with Gasteiger partial charge in [-0.15, -0.1) is 0 Å². The van der Waals surface area contributed by atoms with Gasteiger partial charge in [-0.25, -0.2) is 13.6 Å². The van der Waals surface area contributed by atoms with Crippen LogP contribution in [0, 0.1) is 11.6 Å². The predicted molar refractivity (Wildman–Crippen MR) is 77.6 cm³/mol. The Kier molecular flexibility index (Phi) is 5.24. The van der Waals surface area contributed by atoms with Crippen molar-refractivity contribution < 1.29 is 18.7 Å². The van der Waals surface area contributed by atoms with Gasteiger partial charge in [-0.2, -0.15) is 0 Å². The molecule has 116 valence electrons. The second kappa shape index (κ2) is 7.15. The molecule has 0 fully saturated rings. The molecule has 5 nitrogen and oxygen atoms in total. The van der Waals surface area contributed by atoms with Crippen LogP contribution in [-0.2, 0) is 0 Å². The lowest BCUT2D eigenvalue weighted by Gasteiger charge is -2.13. The maximum atomic E-state index is 13.5. The Bertz CT molecular complexity index is 647. The molecule has 0 saturated heterocycles. The van der Waals surface area contributed by atoms with Crippen LogP contribution in [0.2, 0.25) is 5.02 Å². The summed E-state index contributed by atoms with van der Waals surface area (Å²) in [5.41, 5.74) is 0.236. The molecule has 0 aliphatic heterocycles. The van der Waals surface area contributed by atoms with Crippen LogP contribution < -0.4 is 10.6 Å². The van der Waals surface area contributed by atoms with Gasteiger partial charge >= 0.3 is 6.03 Å². The first-order chi connectivity index (χ1) is 10.5. The molecule has 1 unspecified atom stereocenters. The van der Waals surface area contributed by atoms with Crippen molar-refractivity contribution in [3.8, 4) is 0 Å². The van der Waals surface area contributed by atoms with Crippen molar-refractivity contribution in [3.63, 3.8) is 0 Å². The molecule has 22 heavy (non-hydrogen) atoms. The molecule has 0 bridgehead atoms. The Labute approximate surface area is 129 Å². The van der Waals surface area contributed by atoms with Gasteiger partial charge in [0, 0.05) is 25.0 Å². The van der Waals surface area contributed by atoms with Crippen LogP contribution in [0.3, 0.4) is 0 Å². The Balaban J connectivity index is 1.94. The van der Waals surface area contributed by atoms with Crippen molar-refractivity contribution in [1.82, 2.24) is 10.3 Å². The number of benzene rings is 1. The fraction of sp³-hybridized carbons (Fsp3) is 0.143. The maximum absolute atomic E-state index is 13.5. The molecular formula is C14H12ClF2N3O2. The average Bonchev–Trinajstić information content (AvgIpc) is 2.49. The monoisotopic (exact) mass is 327 g/mol. The zero-order valence-electron chi connectivity index (χ0n) is 11.2. The molecule has 1 aromatic carbocycles. The van der Waals surface area contributed by atoms with Crippen LogP contribution in [0.4, 0.5) is 19.3 Å². The standard InChI is InChI=1S/C14H12ClF2N3O2/c15-10-5-9(16)6-11(17)13(10)20-14(22)19-7-12(21)8-1-3-18-4-2-8/h1-6,12,21H,7H2,(H2,19,20,22). The van der Waals surface area contributed by atoms with Gasteiger partial charge in [0.1, 0.15) is 5.82 Å². The number of nitrogens with one attached hydrogen (secondary N) is 2. The van der Waals surface area contributed by atoms with Crippen molar-refractivity contribution in [2.45, 2.75) is 6.10 Å². The Morgan fingerprint density at radius 3 is 2.64 bits per heavy atom. The first-order valence-electron chi connectivity index (χ1n) is 6.24. The van der Waals surface area contributed by atoms with E-state index in [1.54, 1.807) is 12.1 Å². The number of aliphatic hydroxyl groups excluding tert-OH is 1. The third kappa shape index (κ3) is 4.12. The number of amides is 2. The van der Waals surface area contributed by atoms with E-state index < -0.39 is 23.8 Å². The number of nitrogens with zero attached hydrogens (tertiary/aromatic N) is 1. The first kappa shape index (κ1) is 16.1. The normalized spacial score (nSPS) is 11.8. The number of urea groups is 1. The number of hydrogen-bond acceptors (Lipinski definition) is 3. The summed E-state index contributed by atoms with van der Waals surface area (Å²) in [5, 5.41) is 14.1. The summed E-state index contributed by atoms with van der Waals surface area (Å²) in [4.78, 5) is 15.5. The fourth-order valence-corrected chi connectivity index (χ4v) is 1.95. The van der Waals surface area contributed by atoms with Crippen molar-refractivity contribution in [2.24, 2.45) is 0 Å². The van der Waals surface area contributed by atoms with E-state index in [9.17, 15) is 18.7 Å². The zero-order valence-corrected chi connectivity index (χ0v) is 11.9. The van der Waals surface area contributed by atoms with Crippen LogP contribution in [-0.4, -0.2) is 22.7 Å². The number of carbonyl (C=O) groups excluding carboxylic acids is 1. The van der Waals surface area contributed by atoms with Crippen molar-refractivity contribution in [2.75, 3.05) is 11.9 Å². The van der Waals surface area contributed by atoms with E-state index in [0.717, 1.165) is 6.07 Å². The molecule has 0 spiro atoms. The molecule has 3 N–H and O–H groups in total. The van der Waals surface area contributed by atoms with Crippen molar-refractivity contribution in [1.29, 1.82) is 0 Å². The van der Waals surface area contributed by atoms with Gasteiger partial charge in [-0.1, -0.05) is 11.6 Å². The van der Waals surface area contributed by atoms with Crippen LogP contribution in [0.15, 0.2) is 36.7 Å². The fourth-order valence-electron chi connectivity index (χ4n) is 1.71. The minimum atomic E-state index is -0.991. The van der Waals surface area contributed by atoms with Gasteiger partial charge in [0.2, 0.25) is 0 Å². The second-order valence-electron chi connectivity index (χ2n) is 4.38. The number of hydrogen-bond donors (Lipinski definition) is 3. The van der Waals surface area contributed by atoms with Crippen LogP contribution in [0.1, 0.15) is 11.7 Å². The van der Waals surface area contributed by atoms with E-state index in [1.807, 2.05) is 0 Å². The molecule has 2 rings (SSSR count). The SMILES string of the molecule is O=C(NCC(O)c1ccncc1)Nc1c(F)cc(F)cc1Cl. The lowest BCUT2D eigenvalue weighted by molar-refractivity contribution is 0.175. The predicted octanol–water partition coefficient (Wildman–Crippen LogP) is 2.87. The molecule has 0 aliphatic rings. The molecular weight excluding hydrogens is 316 g/mol. The summed E-state index contributed by atoms with van der Waals surface area (Å²) in [5.74, 6) is -1.84. The first-order valence-corrected chi connectivity index (χ1v) is 6.62. The molecule has 1 aromatic heterocycles. The van der Waals surface area contributed by atoms with E-state index in [0.29, 0.717) is 11.6 Å². The van der Waals surface area contributed by atoms with Gasteiger partial charge in [0.15, 0.2) is 5.82 Å². The quantitative estimate of drug-likeness (QED) is 0.808. The smallest absolute Gasteiger partial charge is 0.319 e. The minimum absolute atomic E-state index is 0.101. The highest BCUT2D eigenvalue weighted by molar-refractivity contribution is 6.33. The molecule has 8 heteroatoms. The van der Waals surface area contributed by atoms with E-state index >= 15 is 0 Å². The number of rotatable bonds is 4. The minimum Gasteiger partial charge on any atom is -0.387 e. The number of anilines is 1. The Morgan fingerprint density at radius 2 is 2.00 bits per heavy atom. The summed E-state index contributed by atoms with van der Waals surface area (Å²) in [6.07, 6.45) is 2.07. The molecule has 2 aromatic rings. The summed E-state index contributed by atoms with van der Waals surface area (Å²) in [6, 6.07) is 3.90. The second-order valence-corrected chi connectivity index (χ2v) is 4.78. The Hall–Kier alpha value is -2.25. The molecule has 0 aliphatic carbocycles. The zero-order chi connectivity index (χ0) is 16.1. The van der Waals surface area contributed by atoms with Gasteiger partial charge in [0.25, 0.3) is 0 Å². The number of halogens is 3. The highest BCUT2D eigenvalue weighted by Crippen LogP contribution is 2.26. The highest BCUT2D eigenvalue weighted by Gasteiger charge is 2.14. The maximum Gasteiger partial charge on any atom is 0.319 e. The van der Waals surface area contributed by atoms with Gasteiger partial charge < -0.3 is 15.7 Å². The van der Waals surface area contributed by atoms with Gasteiger partial charge in [-0.3, -0.25) is 4.98 Å². The van der Waals surface area contributed by atoms with E-state index in [1.165, 1.54) is 12.4 Å². The number of pyridine rings is 1. The van der Waals surface area contributed by atoms with Gasteiger partial charge in [0.05, 0.1) is 16.8 Å². The molecule has 2 amide bonds. The summed E-state index contributed by atoms with van der Waals surface area (Å²) in [6.45, 7) is -0.101. The van der Waals surface area contributed by atoms with E-state index in [-0.39, 0.29) is 17.3 Å². The number of aromatic nitrogens is 1. The lowest BCUT2D eigenvalue weighted by atomic mass is 10.1. The lowest BCUT2D eigenvalue weighted by Crippen LogP contribution is -2.32. The van der Waals surface area contributed by atoms with E-state index in [2.05, 4.69) is 15.6 Å². The van der Waals surface area contributed by atoms with Crippen molar-refractivity contribution in [3.05, 3.63) is 58.9 Å². The number of carbonyl (C=O) groups is 1. The Morgan fingerprint density at radius 1 is 1.32 bits per heavy atom. The van der Waals surface area contributed by atoms with E-state index in [4.69, 9.17) is 11.6 Å². The molecule has 1 heterocycles. The van der Waals surface area contributed by atoms with Gasteiger partial charge in [-0.05, 0) is 23.8 Å². The molecule has 0 radical (unpaired) electrons. The highest BCUT2D eigenvalue weighted by atomic mass is 35.5. The summed E-state index contributed by atoms with van der Waals surface area (Å²) < 4.78 is 26.4. The summed E-state index contributed by atoms with van der Waals surface area (Å²) >= 11 is 5.66. The van der Waals surface area contributed by atoms with Crippen LogP contribution >= 0.6 is 11.6 Å². The molecule has 1 atom stereocenters. The number of aliphatic hydroxyl groups is 1. The average molecular weight is 328 g/mol. The third-order valence-corrected chi connectivity index (χ3v) is 3.09. The molecule has 0 saturated carbocycles. The van der Waals surface area contributed by atoms with Crippen molar-refractivity contribution >= 4 is 23.3 Å². The largest absolute Gasteiger partial charge is 0.387 e.